The van der Waals surface area contributed by atoms with Crippen molar-refractivity contribution in [2.24, 2.45) is 11.1 Å². The normalized spacial score (nSPS) is 16.4. The minimum absolute atomic E-state index is 0.109. The lowest BCUT2D eigenvalue weighted by Crippen LogP contribution is -2.36. The van der Waals surface area contributed by atoms with Crippen molar-refractivity contribution in [1.29, 1.82) is 0 Å². The van der Waals surface area contributed by atoms with Crippen LogP contribution in [0.1, 0.15) is 31.9 Å². The van der Waals surface area contributed by atoms with Gasteiger partial charge in [-0.05, 0) is 40.7 Å². The van der Waals surface area contributed by atoms with E-state index in [-0.39, 0.29) is 11.5 Å². The molecule has 0 bridgehead atoms. The topological polar surface area (TPSA) is 35.2 Å². The van der Waals surface area contributed by atoms with E-state index in [1.54, 1.807) is 7.11 Å². The summed E-state index contributed by atoms with van der Waals surface area (Å²) in [6, 6.07) is 6.34. The molecule has 1 aliphatic carbocycles. The molecule has 1 aliphatic rings. The summed E-state index contributed by atoms with van der Waals surface area (Å²) < 4.78 is 5.24. The number of hydrogen-bond donors (Lipinski definition) is 1. The Hall–Kier alpha value is -1.28. The third-order valence-electron chi connectivity index (χ3n) is 3.42. The largest absolute Gasteiger partial charge is 0.497 e. The maximum atomic E-state index is 6.31. The second-order valence-electron chi connectivity index (χ2n) is 5.80. The van der Waals surface area contributed by atoms with E-state index in [9.17, 15) is 0 Å². The van der Waals surface area contributed by atoms with Crippen molar-refractivity contribution >= 4 is 6.08 Å². The minimum atomic E-state index is 0.109. The van der Waals surface area contributed by atoms with Gasteiger partial charge in [0.25, 0.3) is 0 Å². The third kappa shape index (κ3) is 2.37. The number of rotatable bonds is 2. The molecule has 2 N–H and O–H groups in total. The molecule has 0 heterocycles. The van der Waals surface area contributed by atoms with Gasteiger partial charge < -0.3 is 10.5 Å². The van der Waals surface area contributed by atoms with E-state index in [4.69, 9.17) is 10.5 Å². The van der Waals surface area contributed by atoms with E-state index >= 15 is 0 Å². The molecule has 0 fully saturated rings. The summed E-state index contributed by atoms with van der Waals surface area (Å²) in [5, 5.41) is 0. The predicted octanol–water partition coefficient (Wildman–Crippen LogP) is 3.01. The molecule has 0 saturated carbocycles. The summed E-state index contributed by atoms with van der Waals surface area (Å²) in [7, 11) is 1.70. The van der Waals surface area contributed by atoms with E-state index in [2.05, 4.69) is 39.0 Å². The van der Waals surface area contributed by atoms with Gasteiger partial charge >= 0.3 is 0 Å². The molecule has 2 nitrogen and oxygen atoms in total. The van der Waals surface area contributed by atoms with Gasteiger partial charge in [-0.25, -0.2) is 0 Å². The zero-order valence-corrected chi connectivity index (χ0v) is 11.1. The SMILES string of the molecule is COc1ccc2c(c1)C=C(C(N)C(C)(C)C)C2. The van der Waals surface area contributed by atoms with Crippen LogP contribution in [-0.4, -0.2) is 13.2 Å². The molecule has 0 saturated heterocycles. The van der Waals surface area contributed by atoms with E-state index in [0.29, 0.717) is 0 Å². The molecule has 1 aromatic rings. The fourth-order valence-electron chi connectivity index (χ4n) is 2.22. The van der Waals surface area contributed by atoms with Crippen LogP contribution in [0.3, 0.4) is 0 Å². The molecule has 17 heavy (non-hydrogen) atoms. The van der Waals surface area contributed by atoms with E-state index in [1.807, 2.05) is 6.07 Å². The van der Waals surface area contributed by atoms with Gasteiger partial charge in [0.2, 0.25) is 0 Å². The highest BCUT2D eigenvalue weighted by atomic mass is 16.5. The Labute approximate surface area is 103 Å². The second kappa shape index (κ2) is 4.19. The summed E-state index contributed by atoms with van der Waals surface area (Å²) in [6.07, 6.45) is 3.19. The van der Waals surface area contributed by atoms with Crippen molar-refractivity contribution < 1.29 is 4.74 Å². The van der Waals surface area contributed by atoms with Crippen LogP contribution in [0.15, 0.2) is 23.8 Å². The molecule has 92 valence electrons. The van der Waals surface area contributed by atoms with Gasteiger partial charge in [-0.1, -0.05) is 32.9 Å². The average molecular weight is 231 g/mol. The Morgan fingerprint density at radius 1 is 1.29 bits per heavy atom. The lowest BCUT2D eigenvalue weighted by Gasteiger charge is -2.28. The lowest BCUT2D eigenvalue weighted by atomic mass is 9.82. The van der Waals surface area contributed by atoms with Gasteiger partial charge in [-0.15, -0.1) is 0 Å². The zero-order chi connectivity index (χ0) is 12.6. The Kier molecular flexibility index (Phi) is 3.00. The molecule has 0 aromatic heterocycles. The standard InChI is InChI=1S/C15H21NO/c1-15(2,3)14(16)12-7-10-5-6-13(17-4)9-11(10)8-12/h5-6,8-9,14H,7,16H2,1-4H3. The molecule has 1 atom stereocenters. The molecule has 0 aliphatic heterocycles. The Morgan fingerprint density at radius 3 is 2.59 bits per heavy atom. The lowest BCUT2D eigenvalue weighted by molar-refractivity contribution is 0.352. The molecule has 1 aromatic carbocycles. The predicted molar refractivity (Wildman–Crippen MR) is 72.1 cm³/mol. The van der Waals surface area contributed by atoms with Gasteiger partial charge in [-0.2, -0.15) is 0 Å². The van der Waals surface area contributed by atoms with Crippen LogP contribution in [0.2, 0.25) is 0 Å². The minimum Gasteiger partial charge on any atom is -0.497 e. The number of methoxy groups -OCH3 is 1. The van der Waals surface area contributed by atoms with E-state index in [1.165, 1.54) is 16.7 Å². The maximum absolute atomic E-state index is 6.31. The van der Waals surface area contributed by atoms with E-state index in [0.717, 1.165) is 12.2 Å². The molecule has 2 heteroatoms. The molecule has 2 rings (SSSR count). The van der Waals surface area contributed by atoms with Gasteiger partial charge in [0.1, 0.15) is 5.75 Å². The van der Waals surface area contributed by atoms with Crippen LogP contribution >= 0.6 is 0 Å². The first-order valence-corrected chi connectivity index (χ1v) is 6.05. The van der Waals surface area contributed by atoms with Gasteiger partial charge in [0, 0.05) is 6.04 Å². The first-order valence-electron chi connectivity index (χ1n) is 6.05. The van der Waals surface area contributed by atoms with Crippen molar-refractivity contribution in [3.8, 4) is 5.75 Å². The molecule has 0 radical (unpaired) electrons. The molecular weight excluding hydrogens is 210 g/mol. The number of ether oxygens (including phenoxy) is 1. The summed E-state index contributed by atoms with van der Waals surface area (Å²) in [4.78, 5) is 0. The fraction of sp³-hybridized carbons (Fsp3) is 0.467. The Bertz CT molecular complexity index is 454. The molecule has 0 spiro atoms. The van der Waals surface area contributed by atoms with Gasteiger partial charge in [0.05, 0.1) is 7.11 Å². The van der Waals surface area contributed by atoms with Crippen LogP contribution in [0.5, 0.6) is 5.75 Å². The number of fused-ring (bicyclic) bond motifs is 1. The van der Waals surface area contributed by atoms with Crippen LogP contribution in [0.25, 0.3) is 6.08 Å². The monoisotopic (exact) mass is 231 g/mol. The van der Waals surface area contributed by atoms with Crippen molar-refractivity contribution in [1.82, 2.24) is 0 Å². The molecular formula is C15H21NO. The fourth-order valence-corrected chi connectivity index (χ4v) is 2.22. The van der Waals surface area contributed by atoms with Crippen LogP contribution < -0.4 is 10.5 Å². The van der Waals surface area contributed by atoms with Gasteiger partial charge in [-0.3, -0.25) is 0 Å². The smallest absolute Gasteiger partial charge is 0.119 e. The summed E-state index contributed by atoms with van der Waals surface area (Å²) in [6.45, 7) is 6.55. The molecule has 1 unspecified atom stereocenters. The highest BCUT2D eigenvalue weighted by Gasteiger charge is 2.27. The third-order valence-corrected chi connectivity index (χ3v) is 3.42. The summed E-state index contributed by atoms with van der Waals surface area (Å²) in [5.74, 6) is 0.908. The zero-order valence-electron chi connectivity index (χ0n) is 11.1. The average Bonchev–Trinajstić information content (AvgIpc) is 2.68. The van der Waals surface area contributed by atoms with Crippen molar-refractivity contribution in [3.63, 3.8) is 0 Å². The highest BCUT2D eigenvalue weighted by Crippen LogP contribution is 2.34. The number of hydrogen-bond acceptors (Lipinski definition) is 2. The van der Waals surface area contributed by atoms with Crippen LogP contribution in [-0.2, 0) is 6.42 Å². The number of nitrogens with two attached hydrogens (primary N) is 1. The molecule has 0 amide bonds. The first-order chi connectivity index (χ1) is 7.91. The van der Waals surface area contributed by atoms with Crippen molar-refractivity contribution in [2.45, 2.75) is 33.2 Å². The van der Waals surface area contributed by atoms with Crippen LogP contribution in [0, 0.1) is 5.41 Å². The van der Waals surface area contributed by atoms with Crippen LogP contribution in [0.4, 0.5) is 0 Å². The Morgan fingerprint density at radius 2 is 2.00 bits per heavy atom. The first kappa shape index (κ1) is 12.2. The van der Waals surface area contributed by atoms with Crippen molar-refractivity contribution in [3.05, 3.63) is 34.9 Å². The van der Waals surface area contributed by atoms with Gasteiger partial charge in [0.15, 0.2) is 0 Å². The summed E-state index contributed by atoms with van der Waals surface area (Å²) in [5.41, 5.74) is 10.3. The Balaban J connectivity index is 2.27. The summed E-state index contributed by atoms with van der Waals surface area (Å²) >= 11 is 0. The highest BCUT2D eigenvalue weighted by molar-refractivity contribution is 5.66. The second-order valence-corrected chi connectivity index (χ2v) is 5.80. The number of benzene rings is 1. The maximum Gasteiger partial charge on any atom is 0.119 e. The van der Waals surface area contributed by atoms with E-state index < -0.39 is 0 Å². The quantitative estimate of drug-likeness (QED) is 0.849. The van der Waals surface area contributed by atoms with Crippen molar-refractivity contribution in [2.75, 3.05) is 7.11 Å².